The molecule has 272 valence electrons. The number of fused-ring (bicyclic) bond motifs is 2. The molecule has 2 N–H and O–H groups in total. The molecule has 0 atom stereocenters. The molecule has 0 aliphatic rings. The van der Waals surface area contributed by atoms with E-state index in [1.165, 1.54) is 19.2 Å². The molecule has 6 rings (SSSR count). The van der Waals surface area contributed by atoms with E-state index >= 15 is 0 Å². The molecule has 2 heterocycles. The molecule has 0 aliphatic carbocycles. The topological polar surface area (TPSA) is 103 Å². The molecule has 0 saturated carbocycles. The number of ether oxygens (including phenoxy) is 2. The molecule has 0 saturated heterocycles. The normalized spacial score (nSPS) is 11.7. The number of nitrogens with zero attached hydrogens (tertiary/aromatic N) is 2. The van der Waals surface area contributed by atoms with Crippen LogP contribution in [0.25, 0.3) is 21.8 Å². The van der Waals surface area contributed by atoms with E-state index < -0.39 is 52.6 Å². The van der Waals surface area contributed by atoms with Crippen molar-refractivity contribution in [1.82, 2.24) is 9.13 Å². The van der Waals surface area contributed by atoms with E-state index in [4.69, 9.17) is 9.47 Å². The molecule has 52 heavy (non-hydrogen) atoms. The van der Waals surface area contributed by atoms with Crippen molar-refractivity contribution in [1.29, 1.82) is 0 Å². The maximum absolute atomic E-state index is 14.1. The Labute approximate surface area is 298 Å². The summed E-state index contributed by atoms with van der Waals surface area (Å²) >= 11 is 3.25. The first kappa shape index (κ1) is 37.7. The smallest absolute Gasteiger partial charge is 0.432 e. The van der Waals surface area contributed by atoms with Gasteiger partial charge in [0.15, 0.2) is 11.6 Å². The highest BCUT2D eigenvalue weighted by Crippen LogP contribution is 2.43. The zero-order valence-electron chi connectivity index (χ0n) is 26.9. The summed E-state index contributed by atoms with van der Waals surface area (Å²) in [7, 11) is 2.51. The third-order valence-corrected chi connectivity index (χ3v) is 8.63. The Balaban J connectivity index is 0.000000201. The fraction of sp³-hybridized carbons (Fsp3) is 0.167. The molecule has 2 aromatic heterocycles. The lowest BCUT2D eigenvalue weighted by Crippen LogP contribution is -2.18. The molecule has 4 aromatic carbocycles. The highest BCUT2D eigenvalue weighted by molar-refractivity contribution is 9.10. The first-order chi connectivity index (χ1) is 24.5. The molecular formula is C36H26BrF7N2O6. The van der Waals surface area contributed by atoms with Crippen molar-refractivity contribution in [2.24, 2.45) is 0 Å². The Morgan fingerprint density at radius 2 is 1.04 bits per heavy atom. The number of rotatable bonds is 8. The van der Waals surface area contributed by atoms with Crippen LogP contribution in [0.2, 0.25) is 0 Å². The van der Waals surface area contributed by atoms with Gasteiger partial charge in [-0.05, 0) is 45.3 Å². The summed E-state index contributed by atoms with van der Waals surface area (Å²) in [6.07, 6.45) is -9.77. The van der Waals surface area contributed by atoms with Crippen molar-refractivity contribution < 1.29 is 60.0 Å². The molecular weight excluding hydrogens is 769 g/mol. The zero-order chi connectivity index (χ0) is 38.1. The first-order valence-corrected chi connectivity index (χ1v) is 15.7. The first-order valence-electron chi connectivity index (χ1n) is 15.0. The minimum Gasteiger partial charge on any atom is -0.496 e. The number of aromatic nitrogens is 2. The Morgan fingerprint density at radius 1 is 0.654 bits per heavy atom. The number of alkyl halides is 6. The molecule has 0 bridgehead atoms. The number of carboxylic acids is 2. The van der Waals surface area contributed by atoms with Gasteiger partial charge in [0.1, 0.15) is 17.1 Å². The average Bonchev–Trinajstić information content (AvgIpc) is 3.57. The van der Waals surface area contributed by atoms with Crippen LogP contribution >= 0.6 is 15.9 Å². The summed E-state index contributed by atoms with van der Waals surface area (Å²) < 4.78 is 109. The minimum absolute atomic E-state index is 0.0270. The van der Waals surface area contributed by atoms with Crippen molar-refractivity contribution in [2.45, 2.75) is 25.4 Å². The van der Waals surface area contributed by atoms with Gasteiger partial charge in [-0.2, -0.15) is 26.3 Å². The van der Waals surface area contributed by atoms with Crippen LogP contribution in [0.3, 0.4) is 0 Å². The number of hydrogen-bond donors (Lipinski definition) is 2. The number of benzene rings is 4. The molecule has 16 heteroatoms. The van der Waals surface area contributed by atoms with Crippen molar-refractivity contribution in [3.63, 3.8) is 0 Å². The van der Waals surface area contributed by atoms with Crippen molar-refractivity contribution in [2.75, 3.05) is 14.2 Å². The standard InChI is InChI=1S/C18H13BrF3NO3.C18H13F4NO3/c2*1-26-14-7-11-13(8-12(14)19)23(9-10-5-3-2-4-6-10)16(18(20,21)22)15(11)17(24)25/h2*2-8H,9H2,1H3,(H,24,25). The van der Waals surface area contributed by atoms with E-state index in [9.17, 15) is 50.5 Å². The molecule has 6 aromatic rings. The second-order valence-corrected chi connectivity index (χ2v) is 12.1. The number of halogens is 8. The third-order valence-electron chi connectivity index (χ3n) is 8.01. The fourth-order valence-electron chi connectivity index (χ4n) is 5.89. The van der Waals surface area contributed by atoms with Crippen LogP contribution in [0.4, 0.5) is 30.7 Å². The summed E-state index contributed by atoms with van der Waals surface area (Å²) in [4.78, 5) is 23.3. The molecule has 0 spiro atoms. The van der Waals surface area contributed by atoms with Gasteiger partial charge < -0.3 is 28.8 Å². The van der Waals surface area contributed by atoms with Crippen LogP contribution in [-0.4, -0.2) is 45.5 Å². The summed E-state index contributed by atoms with van der Waals surface area (Å²) in [5, 5.41) is 18.6. The van der Waals surface area contributed by atoms with Crippen molar-refractivity contribution >= 4 is 49.7 Å². The Morgan fingerprint density at radius 3 is 1.40 bits per heavy atom. The summed E-state index contributed by atoms with van der Waals surface area (Å²) in [5.74, 6) is -4.34. The van der Waals surface area contributed by atoms with Gasteiger partial charge >= 0.3 is 24.3 Å². The second kappa shape index (κ2) is 14.6. The van der Waals surface area contributed by atoms with Crippen molar-refractivity contribution in [3.8, 4) is 11.5 Å². The summed E-state index contributed by atoms with van der Waals surface area (Å²) in [6.45, 7) is -0.372. The van der Waals surface area contributed by atoms with Gasteiger partial charge in [0.25, 0.3) is 0 Å². The zero-order valence-corrected chi connectivity index (χ0v) is 28.5. The number of carboxylic acid groups (broad SMARTS) is 2. The van der Waals surface area contributed by atoms with Crippen LogP contribution in [0.5, 0.6) is 11.5 Å². The van der Waals surface area contributed by atoms with Crippen LogP contribution in [0, 0.1) is 5.82 Å². The monoisotopic (exact) mass is 794 g/mol. The molecule has 0 radical (unpaired) electrons. The van der Waals surface area contributed by atoms with E-state index in [-0.39, 0.29) is 46.4 Å². The van der Waals surface area contributed by atoms with Gasteiger partial charge in [-0.1, -0.05) is 60.7 Å². The quantitative estimate of drug-likeness (QED) is 0.149. The maximum Gasteiger partial charge on any atom is 0.432 e. The second-order valence-electron chi connectivity index (χ2n) is 11.2. The van der Waals surface area contributed by atoms with E-state index in [0.717, 1.165) is 28.4 Å². The van der Waals surface area contributed by atoms with E-state index in [0.29, 0.717) is 15.6 Å². The highest BCUT2D eigenvalue weighted by atomic mass is 79.9. The van der Waals surface area contributed by atoms with Gasteiger partial charge in [-0.3, -0.25) is 0 Å². The maximum atomic E-state index is 14.1. The molecule has 0 fully saturated rings. The Hall–Kier alpha value is -5.51. The number of carbonyl (C=O) groups is 2. The number of hydrogen-bond acceptors (Lipinski definition) is 4. The van der Waals surface area contributed by atoms with E-state index in [1.54, 1.807) is 60.7 Å². The molecule has 0 amide bonds. The molecule has 8 nitrogen and oxygen atoms in total. The van der Waals surface area contributed by atoms with E-state index in [2.05, 4.69) is 15.9 Å². The van der Waals surface area contributed by atoms with Crippen molar-refractivity contribution in [3.05, 3.63) is 129 Å². The third kappa shape index (κ3) is 7.42. The summed E-state index contributed by atoms with van der Waals surface area (Å²) in [6, 6.07) is 21.3. The van der Waals surface area contributed by atoms with Gasteiger partial charge in [0.2, 0.25) is 0 Å². The van der Waals surface area contributed by atoms with Gasteiger partial charge in [-0.15, -0.1) is 0 Å². The largest absolute Gasteiger partial charge is 0.496 e. The highest BCUT2D eigenvalue weighted by Gasteiger charge is 2.43. The van der Waals surface area contributed by atoms with Crippen LogP contribution < -0.4 is 9.47 Å². The van der Waals surface area contributed by atoms with Gasteiger partial charge in [0.05, 0.1) is 40.9 Å². The van der Waals surface area contributed by atoms with Crippen LogP contribution in [0.1, 0.15) is 43.2 Å². The SMILES string of the molecule is COc1cc2c(C(=O)O)c(C(F)(F)F)n(Cc3ccccc3)c2cc1Br.COc1cc2c(C(=O)O)c(C(F)(F)F)n(Cc3ccccc3)c2cc1F. The fourth-order valence-corrected chi connectivity index (χ4v) is 6.39. The van der Waals surface area contributed by atoms with Crippen LogP contribution in [0.15, 0.2) is 89.4 Å². The Bertz CT molecular complexity index is 2120. The lowest BCUT2D eigenvalue weighted by molar-refractivity contribution is -0.144. The average molecular weight is 796 g/mol. The minimum atomic E-state index is -4.94. The van der Waals surface area contributed by atoms with E-state index in [1.807, 2.05) is 0 Å². The van der Waals surface area contributed by atoms with Gasteiger partial charge in [0, 0.05) is 29.9 Å². The predicted molar refractivity (Wildman–Crippen MR) is 180 cm³/mol. The number of methoxy groups -OCH3 is 2. The summed E-state index contributed by atoms with van der Waals surface area (Å²) in [5.41, 5.74) is -3.11. The lowest BCUT2D eigenvalue weighted by atomic mass is 10.1. The van der Waals surface area contributed by atoms with Gasteiger partial charge in [-0.25, -0.2) is 14.0 Å². The predicted octanol–water partition coefficient (Wildman–Crippen LogP) is 9.73. The number of aromatic carboxylic acids is 2. The Kier molecular flexibility index (Phi) is 10.6. The lowest BCUT2D eigenvalue weighted by Gasteiger charge is -2.14. The molecule has 0 unspecified atom stereocenters. The molecule has 0 aliphatic heterocycles. The van der Waals surface area contributed by atoms with Crippen LogP contribution in [-0.2, 0) is 25.4 Å².